The number of carbonyl (C=O) groups is 2. The lowest BCUT2D eigenvalue weighted by atomic mass is 9.73. The predicted molar refractivity (Wildman–Crippen MR) is 115 cm³/mol. The molecule has 0 bridgehead atoms. The SMILES string of the molecule is O=C(c1cccc(F)c1)N1CC(=O)N2[C@@H](CO)[C@H](c3ccc(C4=CCCC4)cc3)[C@@H]2C1. The summed E-state index contributed by atoms with van der Waals surface area (Å²) in [6, 6.07) is 13.5. The normalized spacial score (nSPS) is 25.2. The molecule has 1 N–H and O–H groups in total. The molecule has 0 saturated carbocycles. The highest BCUT2D eigenvalue weighted by molar-refractivity contribution is 5.97. The van der Waals surface area contributed by atoms with Gasteiger partial charge in [-0.15, -0.1) is 0 Å². The Hall–Kier alpha value is -2.99. The van der Waals surface area contributed by atoms with Crippen molar-refractivity contribution in [2.24, 2.45) is 0 Å². The van der Waals surface area contributed by atoms with E-state index >= 15 is 0 Å². The summed E-state index contributed by atoms with van der Waals surface area (Å²) in [6.07, 6.45) is 5.71. The van der Waals surface area contributed by atoms with E-state index in [0.29, 0.717) is 6.54 Å². The molecule has 0 spiro atoms. The van der Waals surface area contributed by atoms with Crippen molar-refractivity contribution in [2.75, 3.05) is 19.7 Å². The van der Waals surface area contributed by atoms with Crippen LogP contribution in [0.2, 0.25) is 0 Å². The molecule has 5 rings (SSSR count). The van der Waals surface area contributed by atoms with Gasteiger partial charge in [0.15, 0.2) is 0 Å². The number of aliphatic hydroxyl groups excluding tert-OH is 1. The van der Waals surface area contributed by atoms with Crippen molar-refractivity contribution in [3.05, 3.63) is 77.1 Å². The Morgan fingerprint density at radius 3 is 2.65 bits per heavy atom. The minimum absolute atomic E-state index is 0.0383. The number of benzene rings is 2. The molecular formula is C25H25FN2O3. The van der Waals surface area contributed by atoms with Crippen LogP contribution in [0.5, 0.6) is 0 Å². The monoisotopic (exact) mass is 420 g/mol. The topological polar surface area (TPSA) is 60.9 Å². The van der Waals surface area contributed by atoms with Crippen molar-refractivity contribution < 1.29 is 19.1 Å². The van der Waals surface area contributed by atoms with Gasteiger partial charge in [0, 0.05) is 18.0 Å². The lowest BCUT2D eigenvalue weighted by Gasteiger charge is -2.58. The zero-order valence-corrected chi connectivity index (χ0v) is 17.2. The summed E-state index contributed by atoms with van der Waals surface area (Å²) >= 11 is 0. The van der Waals surface area contributed by atoms with Gasteiger partial charge in [-0.05, 0) is 54.2 Å². The molecule has 2 aromatic rings. The van der Waals surface area contributed by atoms with Crippen molar-refractivity contribution in [3.8, 4) is 0 Å². The first-order valence-electron chi connectivity index (χ1n) is 10.8. The average molecular weight is 420 g/mol. The van der Waals surface area contributed by atoms with Crippen LogP contribution in [0.3, 0.4) is 0 Å². The minimum atomic E-state index is -0.477. The quantitative estimate of drug-likeness (QED) is 0.826. The fourth-order valence-corrected chi connectivity index (χ4v) is 5.31. The van der Waals surface area contributed by atoms with E-state index < -0.39 is 5.82 Å². The van der Waals surface area contributed by atoms with E-state index in [0.717, 1.165) is 18.4 Å². The Morgan fingerprint density at radius 1 is 1.16 bits per heavy atom. The van der Waals surface area contributed by atoms with Gasteiger partial charge in [0.05, 0.1) is 18.7 Å². The van der Waals surface area contributed by atoms with E-state index in [4.69, 9.17) is 0 Å². The molecule has 0 aromatic heterocycles. The molecule has 2 heterocycles. The Morgan fingerprint density at radius 2 is 1.97 bits per heavy atom. The number of halogens is 1. The maximum Gasteiger partial charge on any atom is 0.254 e. The Kier molecular flexibility index (Phi) is 5.10. The zero-order valence-electron chi connectivity index (χ0n) is 17.2. The van der Waals surface area contributed by atoms with Crippen LogP contribution in [-0.2, 0) is 4.79 Å². The Labute approximate surface area is 180 Å². The van der Waals surface area contributed by atoms with Crippen molar-refractivity contribution >= 4 is 17.4 Å². The number of aliphatic hydroxyl groups is 1. The number of rotatable bonds is 4. The second-order valence-corrected chi connectivity index (χ2v) is 8.58. The number of nitrogens with zero attached hydrogens (tertiary/aromatic N) is 2. The van der Waals surface area contributed by atoms with Gasteiger partial charge >= 0.3 is 0 Å². The van der Waals surface area contributed by atoms with Crippen LogP contribution >= 0.6 is 0 Å². The lowest BCUT2D eigenvalue weighted by Crippen LogP contribution is -2.73. The Bertz CT molecular complexity index is 1050. The molecule has 31 heavy (non-hydrogen) atoms. The molecule has 6 heteroatoms. The third-order valence-electron chi connectivity index (χ3n) is 6.82. The number of hydrogen-bond acceptors (Lipinski definition) is 3. The summed E-state index contributed by atoms with van der Waals surface area (Å²) in [5.74, 6) is -1.04. The van der Waals surface area contributed by atoms with Crippen LogP contribution < -0.4 is 0 Å². The second-order valence-electron chi connectivity index (χ2n) is 8.58. The van der Waals surface area contributed by atoms with E-state index in [1.54, 1.807) is 11.0 Å². The maximum absolute atomic E-state index is 13.6. The molecule has 3 aliphatic rings. The second kappa shape index (κ2) is 7.93. The fraction of sp³-hybridized carbons (Fsp3) is 0.360. The van der Waals surface area contributed by atoms with Gasteiger partial charge in [0.1, 0.15) is 12.4 Å². The number of carbonyl (C=O) groups excluding carboxylic acids is 2. The number of fused-ring (bicyclic) bond motifs is 1. The molecule has 160 valence electrons. The molecule has 2 saturated heterocycles. The van der Waals surface area contributed by atoms with Crippen LogP contribution in [0.1, 0.15) is 46.7 Å². The van der Waals surface area contributed by atoms with Crippen LogP contribution in [0.15, 0.2) is 54.6 Å². The molecule has 2 fully saturated rings. The highest BCUT2D eigenvalue weighted by Gasteiger charge is 2.54. The van der Waals surface area contributed by atoms with Gasteiger partial charge in [-0.2, -0.15) is 0 Å². The van der Waals surface area contributed by atoms with Crippen molar-refractivity contribution in [1.82, 2.24) is 9.80 Å². The van der Waals surface area contributed by atoms with Gasteiger partial charge < -0.3 is 14.9 Å². The maximum atomic E-state index is 13.6. The van der Waals surface area contributed by atoms with E-state index in [2.05, 4.69) is 30.3 Å². The van der Waals surface area contributed by atoms with Gasteiger partial charge in [-0.1, -0.05) is 36.4 Å². The van der Waals surface area contributed by atoms with Crippen LogP contribution in [0.25, 0.3) is 5.57 Å². The molecule has 2 amide bonds. The van der Waals surface area contributed by atoms with Gasteiger partial charge in [0.2, 0.25) is 5.91 Å². The standard InChI is InChI=1S/C25H25FN2O3/c26-20-7-3-6-19(12-20)25(31)27-13-21-24(22(15-29)28(21)23(30)14-27)18-10-8-17(9-11-18)16-4-1-2-5-16/h3-4,6-12,21-22,24,29H,1-2,5,13-15H2/t21-,22-,24+/m0/s1. The zero-order chi connectivity index (χ0) is 21.5. The summed E-state index contributed by atoms with van der Waals surface area (Å²) in [6.45, 7) is 0.203. The summed E-state index contributed by atoms with van der Waals surface area (Å²) in [5, 5.41) is 9.96. The highest BCUT2D eigenvalue weighted by Crippen LogP contribution is 2.43. The van der Waals surface area contributed by atoms with Crippen molar-refractivity contribution in [3.63, 3.8) is 0 Å². The molecule has 5 nitrogen and oxygen atoms in total. The van der Waals surface area contributed by atoms with Crippen LogP contribution in [0, 0.1) is 5.82 Å². The highest BCUT2D eigenvalue weighted by atomic mass is 19.1. The molecule has 2 aromatic carbocycles. The first-order chi connectivity index (χ1) is 15.1. The van der Waals surface area contributed by atoms with E-state index in [9.17, 15) is 19.1 Å². The molecule has 3 atom stereocenters. The Balaban J connectivity index is 1.38. The van der Waals surface area contributed by atoms with E-state index in [-0.39, 0.29) is 48.5 Å². The summed E-state index contributed by atoms with van der Waals surface area (Å²) in [5.41, 5.74) is 3.90. The number of allylic oxidation sites excluding steroid dienone is 2. The summed E-state index contributed by atoms with van der Waals surface area (Å²) in [4.78, 5) is 28.9. The molecule has 0 radical (unpaired) electrons. The van der Waals surface area contributed by atoms with Gasteiger partial charge in [-0.3, -0.25) is 9.59 Å². The fourth-order valence-electron chi connectivity index (χ4n) is 5.31. The lowest BCUT2D eigenvalue weighted by molar-refractivity contribution is -0.159. The van der Waals surface area contributed by atoms with E-state index in [1.165, 1.54) is 40.7 Å². The van der Waals surface area contributed by atoms with Crippen LogP contribution in [-0.4, -0.2) is 58.5 Å². The number of hydrogen-bond donors (Lipinski definition) is 1. The molecule has 2 aliphatic heterocycles. The largest absolute Gasteiger partial charge is 0.394 e. The molecule has 1 aliphatic carbocycles. The van der Waals surface area contributed by atoms with E-state index in [1.807, 2.05) is 0 Å². The predicted octanol–water partition coefficient (Wildman–Crippen LogP) is 3.20. The number of amides is 2. The van der Waals surface area contributed by atoms with Crippen molar-refractivity contribution in [2.45, 2.75) is 37.3 Å². The first kappa shape index (κ1) is 19.9. The smallest absolute Gasteiger partial charge is 0.254 e. The average Bonchev–Trinajstić information content (AvgIpc) is 3.30. The molecular weight excluding hydrogens is 395 g/mol. The third-order valence-corrected chi connectivity index (χ3v) is 6.82. The summed E-state index contributed by atoms with van der Waals surface area (Å²) < 4.78 is 13.6. The third kappa shape index (κ3) is 3.45. The van der Waals surface area contributed by atoms with Crippen molar-refractivity contribution in [1.29, 1.82) is 0 Å². The molecule has 0 unspecified atom stereocenters. The number of piperazine rings is 1. The first-order valence-corrected chi connectivity index (χ1v) is 10.8. The summed E-state index contributed by atoms with van der Waals surface area (Å²) in [7, 11) is 0. The minimum Gasteiger partial charge on any atom is -0.394 e. The van der Waals surface area contributed by atoms with Gasteiger partial charge in [0.25, 0.3) is 5.91 Å². The van der Waals surface area contributed by atoms with Gasteiger partial charge in [-0.25, -0.2) is 4.39 Å². The van der Waals surface area contributed by atoms with Crippen LogP contribution in [0.4, 0.5) is 4.39 Å².